The van der Waals surface area contributed by atoms with Crippen LogP contribution in [0.25, 0.3) is 0 Å². The lowest BCUT2D eigenvalue weighted by Gasteiger charge is -2.28. The molecule has 216 valence electrons. The van der Waals surface area contributed by atoms with Gasteiger partial charge in [0.2, 0.25) is 5.91 Å². The summed E-state index contributed by atoms with van der Waals surface area (Å²) in [5.74, 6) is -2.06. The van der Waals surface area contributed by atoms with Crippen molar-refractivity contribution >= 4 is 73.3 Å². The van der Waals surface area contributed by atoms with Crippen LogP contribution in [0.4, 0.5) is 11.4 Å². The number of rotatable bonds is 11. The average molecular weight is 635 g/mol. The van der Waals surface area contributed by atoms with Gasteiger partial charge in [-0.25, -0.2) is 13.3 Å². The zero-order valence-electron chi connectivity index (χ0n) is 22.2. The van der Waals surface area contributed by atoms with Crippen LogP contribution >= 0.6 is 34.5 Å². The topological polar surface area (TPSA) is 104 Å². The van der Waals surface area contributed by atoms with E-state index < -0.39 is 33.2 Å². The summed E-state index contributed by atoms with van der Waals surface area (Å²) >= 11 is 13.2. The molecule has 3 heterocycles. The van der Waals surface area contributed by atoms with E-state index in [1.807, 2.05) is 12.1 Å². The van der Waals surface area contributed by atoms with Crippen molar-refractivity contribution in [2.75, 3.05) is 42.1 Å². The standard InChI is InChI=1S/C29H29Cl2N3O5S2/c30-24-15-19(14-22(35)18-41(38,39)28-9-8-26(31)40-28)4-7-25(24)34-27(36)17-20-16-21(5-6-23(20)29(34)37)32-10-3-13-33-11-1-2-12-33/h4-9,15-16,32H,1-3,10-14,17-18H2. The molecular weight excluding hydrogens is 605 g/mol. The normalized spacial score (nSPS) is 15.8. The van der Waals surface area contributed by atoms with E-state index >= 15 is 0 Å². The van der Waals surface area contributed by atoms with Crippen LogP contribution in [-0.2, 0) is 32.3 Å². The first-order valence-corrected chi connectivity index (χ1v) is 16.6. The highest BCUT2D eigenvalue weighted by Gasteiger charge is 2.33. The molecule has 1 aromatic heterocycles. The van der Waals surface area contributed by atoms with Crippen LogP contribution in [0.3, 0.4) is 0 Å². The van der Waals surface area contributed by atoms with Crippen molar-refractivity contribution in [1.29, 1.82) is 0 Å². The minimum Gasteiger partial charge on any atom is -0.385 e. The monoisotopic (exact) mass is 633 g/mol. The van der Waals surface area contributed by atoms with E-state index in [4.69, 9.17) is 23.2 Å². The lowest BCUT2D eigenvalue weighted by Crippen LogP contribution is -2.42. The van der Waals surface area contributed by atoms with Gasteiger partial charge >= 0.3 is 0 Å². The first kappa shape index (κ1) is 29.7. The fraction of sp³-hybridized carbons (Fsp3) is 0.345. The number of amides is 2. The van der Waals surface area contributed by atoms with E-state index in [0.717, 1.165) is 41.4 Å². The average Bonchev–Trinajstić information content (AvgIpc) is 3.59. The number of ketones is 1. The Morgan fingerprint density at radius 2 is 1.78 bits per heavy atom. The summed E-state index contributed by atoms with van der Waals surface area (Å²) in [5, 5.41) is 3.51. The van der Waals surface area contributed by atoms with Crippen LogP contribution < -0.4 is 10.2 Å². The largest absolute Gasteiger partial charge is 0.385 e. The summed E-state index contributed by atoms with van der Waals surface area (Å²) in [5.41, 5.74) is 2.65. The molecule has 0 atom stereocenters. The van der Waals surface area contributed by atoms with Crippen molar-refractivity contribution in [2.24, 2.45) is 0 Å². The molecule has 0 spiro atoms. The van der Waals surface area contributed by atoms with Gasteiger partial charge in [-0.05, 0) is 92.5 Å². The quantitative estimate of drug-likeness (QED) is 0.227. The molecular formula is C29H29Cl2N3O5S2. The summed E-state index contributed by atoms with van der Waals surface area (Å²) in [4.78, 5) is 42.5. The molecule has 1 fully saturated rings. The maximum Gasteiger partial charge on any atom is 0.265 e. The van der Waals surface area contributed by atoms with Gasteiger partial charge in [0.05, 0.1) is 21.5 Å². The number of hydrogen-bond acceptors (Lipinski definition) is 8. The summed E-state index contributed by atoms with van der Waals surface area (Å²) < 4.78 is 25.4. The molecule has 0 unspecified atom stereocenters. The number of nitrogens with one attached hydrogen (secondary N) is 1. The number of thiophene rings is 1. The Morgan fingerprint density at radius 3 is 2.49 bits per heavy atom. The van der Waals surface area contributed by atoms with Crippen LogP contribution in [0.1, 0.15) is 40.7 Å². The summed E-state index contributed by atoms with van der Waals surface area (Å²) in [6, 6.07) is 12.8. The van der Waals surface area contributed by atoms with E-state index in [9.17, 15) is 22.8 Å². The maximum atomic E-state index is 13.3. The third-order valence-corrected chi connectivity index (χ3v) is 11.0. The number of Topliss-reactive ketones (excluding diaryl/α,β-unsaturated/α-hetero) is 1. The smallest absolute Gasteiger partial charge is 0.265 e. The predicted octanol–water partition coefficient (Wildman–Crippen LogP) is 5.27. The lowest BCUT2D eigenvalue weighted by atomic mass is 9.96. The molecule has 12 heteroatoms. The Labute approximate surface area is 253 Å². The number of imide groups is 1. The van der Waals surface area contributed by atoms with Crippen LogP contribution in [0.15, 0.2) is 52.7 Å². The van der Waals surface area contributed by atoms with E-state index in [-0.39, 0.29) is 27.8 Å². The van der Waals surface area contributed by atoms with Crippen LogP contribution in [0.5, 0.6) is 0 Å². The summed E-state index contributed by atoms with van der Waals surface area (Å²) in [6.45, 7) is 4.20. The fourth-order valence-electron chi connectivity index (χ4n) is 5.19. The van der Waals surface area contributed by atoms with Gasteiger partial charge in [0.1, 0.15) is 9.96 Å². The molecule has 1 saturated heterocycles. The van der Waals surface area contributed by atoms with Gasteiger partial charge < -0.3 is 10.2 Å². The third kappa shape index (κ3) is 7.01. The molecule has 41 heavy (non-hydrogen) atoms. The molecule has 0 radical (unpaired) electrons. The zero-order valence-corrected chi connectivity index (χ0v) is 25.3. The molecule has 3 aromatic rings. The van der Waals surface area contributed by atoms with E-state index in [1.165, 1.54) is 50.2 Å². The molecule has 1 N–H and O–H groups in total. The number of fused-ring (bicyclic) bond motifs is 1. The van der Waals surface area contributed by atoms with Gasteiger partial charge in [-0.3, -0.25) is 14.4 Å². The Kier molecular flexibility index (Phi) is 9.15. The summed E-state index contributed by atoms with van der Waals surface area (Å²) in [6.07, 6.45) is 3.43. The first-order valence-electron chi connectivity index (χ1n) is 13.4. The second-order valence-corrected chi connectivity index (χ2v) is 14.6. The van der Waals surface area contributed by atoms with Gasteiger partial charge in [0.15, 0.2) is 15.6 Å². The van der Waals surface area contributed by atoms with Gasteiger partial charge in [-0.1, -0.05) is 29.3 Å². The Bertz CT molecular complexity index is 1600. The molecule has 8 nitrogen and oxygen atoms in total. The molecule has 2 aliphatic heterocycles. The Balaban J connectivity index is 1.22. The third-order valence-electron chi connectivity index (χ3n) is 7.17. The lowest BCUT2D eigenvalue weighted by molar-refractivity contribution is -0.118. The molecule has 0 saturated carbocycles. The minimum absolute atomic E-state index is 0.0343. The number of halogens is 2. The van der Waals surface area contributed by atoms with Crippen molar-refractivity contribution in [1.82, 2.24) is 4.90 Å². The predicted molar refractivity (Wildman–Crippen MR) is 162 cm³/mol. The zero-order chi connectivity index (χ0) is 29.1. The van der Waals surface area contributed by atoms with E-state index in [2.05, 4.69) is 10.2 Å². The van der Waals surface area contributed by atoms with E-state index in [1.54, 1.807) is 12.1 Å². The van der Waals surface area contributed by atoms with Gasteiger partial charge in [0, 0.05) is 24.2 Å². The van der Waals surface area contributed by atoms with Crippen molar-refractivity contribution in [3.63, 3.8) is 0 Å². The second-order valence-electron chi connectivity index (χ2n) is 10.2. The number of benzene rings is 2. The Morgan fingerprint density at radius 1 is 1.00 bits per heavy atom. The number of nitrogens with zero attached hydrogens (tertiary/aromatic N) is 2. The summed E-state index contributed by atoms with van der Waals surface area (Å²) in [7, 11) is -3.80. The molecule has 2 aromatic carbocycles. The van der Waals surface area contributed by atoms with Crippen molar-refractivity contribution in [3.8, 4) is 0 Å². The molecule has 0 bridgehead atoms. The van der Waals surface area contributed by atoms with Crippen LogP contribution in [0, 0.1) is 0 Å². The highest BCUT2D eigenvalue weighted by molar-refractivity contribution is 7.94. The number of hydrogen-bond donors (Lipinski definition) is 1. The molecule has 2 amide bonds. The maximum absolute atomic E-state index is 13.3. The van der Waals surface area contributed by atoms with Crippen molar-refractivity contribution in [3.05, 3.63) is 74.6 Å². The second kappa shape index (κ2) is 12.6. The van der Waals surface area contributed by atoms with Crippen molar-refractivity contribution in [2.45, 2.75) is 36.3 Å². The molecule has 5 rings (SSSR count). The number of carbonyl (C=O) groups excluding carboxylic acids is 3. The van der Waals surface area contributed by atoms with Crippen molar-refractivity contribution < 1.29 is 22.8 Å². The van der Waals surface area contributed by atoms with Crippen LogP contribution in [-0.4, -0.2) is 62.8 Å². The first-order chi connectivity index (χ1) is 19.6. The molecule has 0 aliphatic carbocycles. The van der Waals surface area contributed by atoms with Gasteiger partial charge in [-0.2, -0.15) is 0 Å². The number of likely N-dealkylation sites (tertiary alicyclic amines) is 1. The van der Waals surface area contributed by atoms with Gasteiger partial charge in [-0.15, -0.1) is 11.3 Å². The van der Waals surface area contributed by atoms with Gasteiger partial charge in [0.25, 0.3) is 5.91 Å². The fourth-order valence-corrected chi connectivity index (χ4v) is 8.29. The van der Waals surface area contributed by atoms with E-state index in [0.29, 0.717) is 21.0 Å². The number of sulfone groups is 1. The highest BCUT2D eigenvalue weighted by atomic mass is 35.5. The molecule has 2 aliphatic rings. The SMILES string of the molecule is O=C(Cc1ccc(N2C(=O)Cc3cc(NCCCN4CCCC4)ccc3C2=O)c(Cl)c1)CS(=O)(=O)c1ccc(Cl)s1. The number of anilines is 2. The minimum atomic E-state index is -3.80. The highest BCUT2D eigenvalue weighted by Crippen LogP contribution is 2.33. The number of carbonyl (C=O) groups is 3. The Hall–Kier alpha value is -2.76. The van der Waals surface area contributed by atoms with Crippen LogP contribution in [0.2, 0.25) is 9.36 Å².